The third kappa shape index (κ3) is 43.5. The second-order valence-electron chi connectivity index (χ2n) is 33.3. The lowest BCUT2D eigenvalue weighted by atomic mass is 9.79. The minimum absolute atomic E-state index is 0.0681. The van der Waals surface area contributed by atoms with E-state index in [1.165, 1.54) is 38.8 Å². The number of aliphatic hydroxyl groups excluding tert-OH is 2. The lowest BCUT2D eigenvalue weighted by molar-refractivity contribution is -0.255. The highest BCUT2D eigenvalue weighted by Gasteiger charge is 2.47. The number of aliphatic hydroxyl groups is 2. The Labute approximate surface area is 712 Å². The molecule has 678 valence electrons. The molecule has 26 heteroatoms. The minimum atomic E-state index is -1.17. The molecule has 21 atom stereocenters. The molecule has 4 fully saturated rings. The lowest BCUT2D eigenvalue weighted by Gasteiger charge is -2.43. The second-order valence-corrected chi connectivity index (χ2v) is 34.7. The molecule has 5 heterocycles. The quantitative estimate of drug-likeness (QED) is 0.0269. The lowest BCUT2D eigenvalue weighted by Crippen LogP contribution is -2.49. The first kappa shape index (κ1) is 107. The molecule has 0 amide bonds. The predicted octanol–water partition coefficient (Wildman–Crippen LogP) is 17.9. The molecular formula is C92H158N3O22P. The number of benzene rings is 2. The molecule has 0 radical (unpaired) electrons. The van der Waals surface area contributed by atoms with E-state index in [0.29, 0.717) is 144 Å². The number of ether oxygens (including phenoxy) is 14. The first-order valence-electron chi connectivity index (χ1n) is 44.3. The van der Waals surface area contributed by atoms with Crippen molar-refractivity contribution >= 4 is 38.3 Å². The average molecular weight is 1690 g/mol. The van der Waals surface area contributed by atoms with E-state index < -0.39 is 8.53 Å². The third-order valence-electron chi connectivity index (χ3n) is 23.3. The molecule has 2 aromatic rings. The summed E-state index contributed by atoms with van der Waals surface area (Å²) in [6.45, 7) is 47.7. The molecule has 5 aliphatic rings. The van der Waals surface area contributed by atoms with Gasteiger partial charge in [-0.25, -0.2) is 9.66 Å². The van der Waals surface area contributed by atoms with Gasteiger partial charge in [0.15, 0.2) is 24.8 Å². The molecule has 10 unspecified atom stereocenters. The third-order valence-corrected chi connectivity index (χ3v) is 25.4. The summed E-state index contributed by atoms with van der Waals surface area (Å²) in [6, 6.07) is 23.3. The van der Waals surface area contributed by atoms with E-state index in [1.807, 2.05) is 43.3 Å². The van der Waals surface area contributed by atoms with E-state index >= 15 is 0 Å². The largest absolute Gasteiger partial charge is 0.463 e. The maximum absolute atomic E-state index is 11.2. The molecule has 2 N–H and O–H groups in total. The fourth-order valence-corrected chi connectivity index (χ4v) is 16.2. The van der Waals surface area contributed by atoms with Gasteiger partial charge >= 0.3 is 23.9 Å². The second kappa shape index (κ2) is 63.1. The number of nitrogens with zero attached hydrogens (tertiary/aromatic N) is 3. The number of carbonyl (C=O) groups excluding carboxylic acids is 4. The van der Waals surface area contributed by atoms with Crippen LogP contribution in [0.3, 0.4) is 0 Å². The Morgan fingerprint density at radius 1 is 0.424 bits per heavy atom. The summed E-state index contributed by atoms with van der Waals surface area (Å²) in [7, 11) is -1.17. The normalized spacial score (nSPS) is 27.3. The van der Waals surface area contributed by atoms with Crippen LogP contribution >= 0.6 is 8.53 Å². The molecule has 5 aliphatic heterocycles. The number of hydrogen-bond donors (Lipinski definition) is 2. The monoisotopic (exact) mass is 1690 g/mol. The van der Waals surface area contributed by atoms with Gasteiger partial charge in [0, 0.05) is 111 Å². The van der Waals surface area contributed by atoms with Crippen molar-refractivity contribution < 1.29 is 105 Å². The zero-order valence-electron chi connectivity index (χ0n) is 76.0. The average Bonchev–Trinajstić information content (AvgIpc) is 1.54. The Hall–Kier alpha value is -4.85. The van der Waals surface area contributed by atoms with Crippen molar-refractivity contribution in [2.75, 3.05) is 85.9 Å². The highest BCUT2D eigenvalue weighted by molar-refractivity contribution is 7.44. The molecule has 118 heavy (non-hydrogen) atoms. The maximum Gasteiger partial charge on any atom is 0.302 e. The molecule has 0 spiro atoms. The smallest absolute Gasteiger partial charge is 0.302 e. The first-order chi connectivity index (χ1) is 56.5. The number of nitriles is 1. The number of unbranched alkanes of at least 4 members (excludes halogenated alkanes) is 12. The van der Waals surface area contributed by atoms with Crippen molar-refractivity contribution in [3.8, 4) is 6.07 Å². The fourth-order valence-electron chi connectivity index (χ4n) is 14.6. The maximum atomic E-state index is 11.2. The zero-order valence-corrected chi connectivity index (χ0v) is 76.8. The Morgan fingerprint density at radius 3 is 1.07 bits per heavy atom. The van der Waals surface area contributed by atoms with Gasteiger partial charge in [-0.05, 0) is 138 Å². The van der Waals surface area contributed by atoms with Crippen LogP contribution in [-0.4, -0.2) is 198 Å². The summed E-state index contributed by atoms with van der Waals surface area (Å²) in [5.74, 6) is 3.44. The number of carbonyl (C=O) groups is 4. The van der Waals surface area contributed by atoms with Crippen molar-refractivity contribution in [1.29, 1.82) is 5.26 Å². The zero-order chi connectivity index (χ0) is 87.3. The van der Waals surface area contributed by atoms with Gasteiger partial charge in [0.05, 0.1) is 63.3 Å². The number of hydrogen-bond acceptors (Lipinski definition) is 25. The molecule has 4 saturated heterocycles. The number of aliphatic imine (C=N–C) groups is 1. The highest BCUT2D eigenvalue weighted by Crippen LogP contribution is 2.47. The molecule has 0 saturated carbocycles. The van der Waals surface area contributed by atoms with Crippen molar-refractivity contribution in [2.24, 2.45) is 70.1 Å². The molecule has 2 aromatic carbocycles. The Bertz CT molecular complexity index is 2980. The van der Waals surface area contributed by atoms with E-state index in [9.17, 15) is 19.2 Å². The van der Waals surface area contributed by atoms with Gasteiger partial charge in [-0.3, -0.25) is 19.2 Å². The first-order valence-corrected chi connectivity index (χ1v) is 45.5. The van der Waals surface area contributed by atoms with E-state index in [1.54, 1.807) is 0 Å². The van der Waals surface area contributed by atoms with Crippen molar-refractivity contribution in [3.05, 3.63) is 71.8 Å². The summed E-state index contributed by atoms with van der Waals surface area (Å²) in [6.07, 6.45) is 15.4. The topological polar surface area (TPSA) is 296 Å². The molecular weight excluding hydrogens is 1530 g/mol. The Morgan fingerprint density at radius 2 is 0.737 bits per heavy atom. The van der Waals surface area contributed by atoms with Gasteiger partial charge in [0.25, 0.3) is 8.53 Å². The van der Waals surface area contributed by atoms with Gasteiger partial charge < -0.3 is 85.6 Å². The standard InChI is InChI=1S/C26H49N2O6P.C24H38O5.C17H32O5.C13H20O2.C12H19NO4/c1-19(2)28(20(3)4)35(33-17-13-14-27)32-16-12-10-9-11-15-30-26-23(7)21(5)22(6)25(34-26)18-31-24(8)29;1-18-19(2)23(17-28-21(4)25)29-24(20(18)3)27-15-11-6-5-10-14-26-16-22-12-8-7-9-13-22;1-12-13(2)16(11-21-15(4)19)22-17(14(12)3)20-10-8-6-5-7-9-18;14-10-6-1-2-7-11-15-12-13-8-4-3-5-9-13;1-6-7(2)11-12(16-8(3)13-11)17-10(6)5-15-9(4)14/h19-23,25-26H,9-13,15-18H2,1-8H3;7-9,12-13,18-20,23-24H,5-6,10-11,14-17H2,1-4H3;12-14,16-18H,5-11H2,1-4H3;3-5,8-9,14H,1-2,6-7,10-12H2;6-7,10-12H,5H2,1-4H3/t21-,22+,23?,25?,26+,35?;18-,19+,20?,23?,24+;12-,13+,14?,16?,17+;;6?,7-,10?,11?,12+/m000.0/s1. The van der Waals surface area contributed by atoms with Crippen LogP contribution in [0.1, 0.15) is 259 Å². The van der Waals surface area contributed by atoms with E-state index in [2.05, 4.69) is 144 Å². The minimum Gasteiger partial charge on any atom is -0.463 e. The van der Waals surface area contributed by atoms with Crippen LogP contribution in [0.25, 0.3) is 0 Å². The summed E-state index contributed by atoms with van der Waals surface area (Å²) in [4.78, 5) is 48.6. The number of fused-ring (bicyclic) bond motifs is 1. The Balaban J connectivity index is 0.000000394. The summed E-state index contributed by atoms with van der Waals surface area (Å²) >= 11 is 0. The van der Waals surface area contributed by atoms with Crippen LogP contribution in [-0.2, 0) is 108 Å². The summed E-state index contributed by atoms with van der Waals surface area (Å²) in [5, 5.41) is 26.2. The Kier molecular flexibility index (Phi) is 57.4. The van der Waals surface area contributed by atoms with Gasteiger partial charge in [-0.1, -0.05) is 188 Å². The van der Waals surface area contributed by atoms with Gasteiger partial charge in [-0.2, -0.15) is 5.26 Å². The van der Waals surface area contributed by atoms with Gasteiger partial charge in [-0.15, -0.1) is 0 Å². The van der Waals surface area contributed by atoms with Crippen LogP contribution in [0.15, 0.2) is 65.7 Å². The van der Waals surface area contributed by atoms with E-state index in [-0.39, 0.29) is 111 Å². The van der Waals surface area contributed by atoms with Gasteiger partial charge in [0.2, 0.25) is 6.29 Å². The van der Waals surface area contributed by atoms with Crippen LogP contribution < -0.4 is 0 Å². The highest BCUT2D eigenvalue weighted by atomic mass is 31.2. The fraction of sp³-hybridized carbons (Fsp3) is 0.804. The molecule has 25 nitrogen and oxygen atoms in total. The SMILES string of the molecule is CC(=O)OCC1O[C@@H](OCCCCCCO)C(C)[C@@H](C)[C@H]1C.CC(=O)OCC1O[C@@H](OCCCCCCOCc2ccccc2)C(C)[C@@H](C)[C@H]1C.CC(=O)OCC1O[C@@H](OCCCCCCOP(OCCC#N)N(C(C)C)C(C)C)C(C)[C@@H](C)[C@H]1C.CC(=O)OCC1O[C@H]2OC(C)=NC2[C@@H](C)C1C.OCCCCCCOCc1ccccc1. The molecule has 0 aliphatic carbocycles. The van der Waals surface area contributed by atoms with Crippen LogP contribution in [0.2, 0.25) is 0 Å². The van der Waals surface area contributed by atoms with Gasteiger partial charge in [0.1, 0.15) is 32.5 Å². The number of esters is 4. The molecule has 0 aromatic heterocycles. The predicted molar refractivity (Wildman–Crippen MR) is 459 cm³/mol. The molecule has 0 bridgehead atoms. The van der Waals surface area contributed by atoms with E-state index in [0.717, 1.165) is 116 Å². The number of rotatable bonds is 48. The van der Waals surface area contributed by atoms with Crippen molar-refractivity contribution in [1.82, 2.24) is 4.67 Å². The van der Waals surface area contributed by atoms with E-state index in [4.69, 9.17) is 90.8 Å². The van der Waals surface area contributed by atoms with Crippen LogP contribution in [0.4, 0.5) is 0 Å². The van der Waals surface area contributed by atoms with Crippen molar-refractivity contribution in [2.45, 2.75) is 329 Å². The van der Waals surface area contributed by atoms with Crippen LogP contribution in [0.5, 0.6) is 0 Å². The summed E-state index contributed by atoms with van der Waals surface area (Å²) < 4.78 is 93.7. The van der Waals surface area contributed by atoms with Crippen molar-refractivity contribution in [3.63, 3.8) is 0 Å². The summed E-state index contributed by atoms with van der Waals surface area (Å²) in [5.41, 5.74) is 2.45. The molecule has 7 rings (SSSR count). The van der Waals surface area contributed by atoms with Crippen LogP contribution in [0, 0.1) is 76.4 Å².